The first-order valence-electron chi connectivity index (χ1n) is 9.38. The average Bonchev–Trinajstić information content (AvgIpc) is 3.04. The van der Waals surface area contributed by atoms with E-state index < -0.39 is 0 Å². The lowest BCUT2D eigenvalue weighted by Crippen LogP contribution is -2.26. The second-order valence-corrected chi connectivity index (χ2v) is 7.37. The number of esters is 1. The van der Waals surface area contributed by atoms with Gasteiger partial charge < -0.3 is 15.0 Å². The molecule has 0 fully saturated rings. The van der Waals surface area contributed by atoms with Crippen molar-refractivity contribution in [2.45, 2.75) is 24.7 Å². The van der Waals surface area contributed by atoms with E-state index in [-0.39, 0.29) is 30.7 Å². The van der Waals surface area contributed by atoms with Gasteiger partial charge in [0.1, 0.15) is 5.82 Å². The third-order valence-electron chi connectivity index (χ3n) is 4.60. The number of halogens is 1. The van der Waals surface area contributed by atoms with Gasteiger partial charge >= 0.3 is 5.97 Å². The number of benzene rings is 2. The molecule has 0 atom stereocenters. The lowest BCUT2D eigenvalue weighted by Gasteiger charge is -2.08. The number of aromatic amines is 1. The van der Waals surface area contributed by atoms with Crippen molar-refractivity contribution in [2.24, 2.45) is 0 Å². The number of hydrogen-bond donors (Lipinski definition) is 2. The van der Waals surface area contributed by atoms with E-state index in [1.54, 1.807) is 36.9 Å². The molecule has 2 aromatic carbocycles. The Bertz CT molecular complexity index is 1010. The van der Waals surface area contributed by atoms with Gasteiger partial charge in [-0.3, -0.25) is 9.59 Å². The molecule has 0 spiro atoms. The van der Waals surface area contributed by atoms with Crippen LogP contribution in [0.5, 0.6) is 0 Å². The van der Waals surface area contributed by atoms with Crippen molar-refractivity contribution < 1.29 is 18.7 Å². The molecule has 1 aromatic heterocycles. The highest BCUT2D eigenvalue weighted by Crippen LogP contribution is 2.25. The lowest BCUT2D eigenvalue weighted by molar-refractivity contribution is -0.142. The van der Waals surface area contributed by atoms with Crippen LogP contribution in [0.1, 0.15) is 28.5 Å². The number of rotatable bonds is 8. The van der Waals surface area contributed by atoms with Gasteiger partial charge in [0.2, 0.25) is 0 Å². The number of carbonyl (C=O) groups is 2. The Morgan fingerprint density at radius 2 is 1.93 bits per heavy atom. The summed E-state index contributed by atoms with van der Waals surface area (Å²) in [7, 11) is 0. The molecule has 0 aliphatic heterocycles. The van der Waals surface area contributed by atoms with E-state index in [0.29, 0.717) is 29.5 Å². The minimum Gasteiger partial charge on any atom is -0.466 e. The average molecular weight is 415 g/mol. The fourth-order valence-electron chi connectivity index (χ4n) is 3.19. The van der Waals surface area contributed by atoms with Gasteiger partial charge in [0.25, 0.3) is 5.91 Å². The first-order valence-corrected chi connectivity index (χ1v) is 10.6. The molecule has 0 saturated heterocycles. The number of H-pyrrole nitrogens is 1. The van der Waals surface area contributed by atoms with Crippen molar-refractivity contribution in [1.82, 2.24) is 10.3 Å². The van der Waals surface area contributed by atoms with Crippen LogP contribution in [-0.4, -0.2) is 36.3 Å². The predicted octanol–water partition coefficient (Wildman–Crippen LogP) is 4.11. The first-order chi connectivity index (χ1) is 14.0. The van der Waals surface area contributed by atoms with Gasteiger partial charge in [-0.05, 0) is 61.2 Å². The Balaban J connectivity index is 1.72. The molecule has 0 aliphatic carbocycles. The number of hydrogen-bond acceptors (Lipinski definition) is 4. The molecule has 1 amide bonds. The Hall–Kier alpha value is -2.80. The number of thioether (sulfide) groups is 1. The van der Waals surface area contributed by atoms with Crippen molar-refractivity contribution in [2.75, 3.05) is 19.4 Å². The minimum absolute atomic E-state index is 0.0523. The van der Waals surface area contributed by atoms with Gasteiger partial charge in [0, 0.05) is 40.0 Å². The van der Waals surface area contributed by atoms with Crippen LogP contribution in [0.25, 0.3) is 10.9 Å². The molecule has 7 heteroatoms. The molecule has 29 heavy (non-hydrogen) atoms. The molecule has 3 rings (SSSR count). The number of amides is 1. The molecule has 152 valence electrons. The molecule has 5 nitrogen and oxygen atoms in total. The third kappa shape index (κ3) is 5.17. The zero-order valence-electron chi connectivity index (χ0n) is 16.4. The van der Waals surface area contributed by atoms with Crippen LogP contribution in [0.3, 0.4) is 0 Å². The van der Waals surface area contributed by atoms with Crippen molar-refractivity contribution in [1.29, 1.82) is 0 Å². The number of carbonyl (C=O) groups excluding carboxylic acids is 2. The Morgan fingerprint density at radius 1 is 1.17 bits per heavy atom. The molecule has 1 heterocycles. The molecule has 0 bridgehead atoms. The highest BCUT2D eigenvalue weighted by Gasteiger charge is 2.16. The summed E-state index contributed by atoms with van der Waals surface area (Å²) >= 11 is 1.62. The standard InChI is InChI=1S/C22H23FN2O3S/c1-3-28-21(26)13-18-17-12-15(23)6-9-19(17)25-20(18)10-11-24-22(27)14-4-7-16(29-2)8-5-14/h4-9,12,25H,3,10-11,13H2,1-2H3,(H,24,27). The Labute approximate surface area is 173 Å². The summed E-state index contributed by atoms with van der Waals surface area (Å²) in [6, 6.07) is 11.8. The van der Waals surface area contributed by atoms with E-state index in [1.807, 2.05) is 18.4 Å². The van der Waals surface area contributed by atoms with Crippen LogP contribution in [0, 0.1) is 5.82 Å². The molecule has 0 aliphatic rings. The van der Waals surface area contributed by atoms with Gasteiger partial charge in [-0.2, -0.15) is 0 Å². The van der Waals surface area contributed by atoms with Gasteiger partial charge in [0.05, 0.1) is 13.0 Å². The molecule has 2 N–H and O–H groups in total. The largest absolute Gasteiger partial charge is 0.466 e. The van der Waals surface area contributed by atoms with Gasteiger partial charge in [-0.1, -0.05) is 0 Å². The highest BCUT2D eigenvalue weighted by atomic mass is 32.2. The topological polar surface area (TPSA) is 71.2 Å². The summed E-state index contributed by atoms with van der Waals surface area (Å²) in [4.78, 5) is 28.7. The maximum Gasteiger partial charge on any atom is 0.310 e. The summed E-state index contributed by atoms with van der Waals surface area (Å²) in [5.41, 5.74) is 2.83. The summed E-state index contributed by atoms with van der Waals surface area (Å²) in [6.45, 7) is 2.42. The van der Waals surface area contributed by atoms with Gasteiger partial charge in [-0.25, -0.2) is 4.39 Å². The number of ether oxygens (including phenoxy) is 1. The fourth-order valence-corrected chi connectivity index (χ4v) is 3.60. The Morgan fingerprint density at radius 3 is 2.62 bits per heavy atom. The van der Waals surface area contributed by atoms with E-state index in [0.717, 1.165) is 16.1 Å². The quantitative estimate of drug-likeness (QED) is 0.430. The first kappa shape index (κ1) is 20.9. The van der Waals surface area contributed by atoms with Gasteiger partial charge in [-0.15, -0.1) is 11.8 Å². The smallest absolute Gasteiger partial charge is 0.310 e. The molecular formula is C22H23FN2O3S. The van der Waals surface area contributed by atoms with E-state index in [2.05, 4.69) is 10.3 Å². The minimum atomic E-state index is -0.366. The monoisotopic (exact) mass is 414 g/mol. The van der Waals surface area contributed by atoms with E-state index in [9.17, 15) is 14.0 Å². The van der Waals surface area contributed by atoms with Crippen LogP contribution >= 0.6 is 11.8 Å². The zero-order chi connectivity index (χ0) is 20.8. The van der Waals surface area contributed by atoms with Crippen LogP contribution in [0.15, 0.2) is 47.4 Å². The number of fused-ring (bicyclic) bond motifs is 1. The fraction of sp³-hybridized carbons (Fsp3) is 0.273. The van der Waals surface area contributed by atoms with Crippen LogP contribution in [-0.2, 0) is 22.4 Å². The normalized spacial score (nSPS) is 10.9. The molecule has 0 radical (unpaired) electrons. The lowest BCUT2D eigenvalue weighted by atomic mass is 10.1. The number of aromatic nitrogens is 1. The van der Waals surface area contributed by atoms with Crippen molar-refractivity contribution in [3.63, 3.8) is 0 Å². The maximum absolute atomic E-state index is 13.7. The number of nitrogens with one attached hydrogen (secondary N) is 2. The second-order valence-electron chi connectivity index (χ2n) is 6.49. The Kier molecular flexibility index (Phi) is 6.93. The van der Waals surface area contributed by atoms with E-state index in [4.69, 9.17) is 4.74 Å². The van der Waals surface area contributed by atoms with Crippen molar-refractivity contribution in [3.05, 3.63) is 65.1 Å². The summed E-state index contributed by atoms with van der Waals surface area (Å²) in [6.07, 6.45) is 2.52. The zero-order valence-corrected chi connectivity index (χ0v) is 17.2. The van der Waals surface area contributed by atoms with Crippen molar-refractivity contribution in [3.8, 4) is 0 Å². The van der Waals surface area contributed by atoms with Crippen molar-refractivity contribution >= 4 is 34.5 Å². The van der Waals surface area contributed by atoms with E-state index in [1.165, 1.54) is 12.1 Å². The summed E-state index contributed by atoms with van der Waals surface area (Å²) < 4.78 is 18.8. The molecular weight excluding hydrogens is 391 g/mol. The SMILES string of the molecule is CCOC(=O)Cc1c(CCNC(=O)c2ccc(SC)cc2)[nH]c2ccc(F)cc12. The second kappa shape index (κ2) is 9.60. The highest BCUT2D eigenvalue weighted by molar-refractivity contribution is 7.98. The molecule has 0 saturated carbocycles. The summed E-state index contributed by atoms with van der Waals surface area (Å²) in [5, 5.41) is 3.55. The molecule has 3 aromatic rings. The molecule has 0 unspecified atom stereocenters. The third-order valence-corrected chi connectivity index (χ3v) is 5.34. The van der Waals surface area contributed by atoms with Crippen LogP contribution in [0.4, 0.5) is 4.39 Å². The van der Waals surface area contributed by atoms with E-state index >= 15 is 0 Å². The van der Waals surface area contributed by atoms with Gasteiger partial charge in [0.15, 0.2) is 0 Å². The predicted molar refractivity (Wildman–Crippen MR) is 113 cm³/mol. The maximum atomic E-state index is 13.7. The van der Waals surface area contributed by atoms with Crippen LogP contribution < -0.4 is 5.32 Å². The van der Waals surface area contributed by atoms with Crippen LogP contribution in [0.2, 0.25) is 0 Å². The summed E-state index contributed by atoms with van der Waals surface area (Å²) in [5.74, 6) is -0.890.